The molecule has 2 rings (SSSR count). The summed E-state index contributed by atoms with van der Waals surface area (Å²) in [5.41, 5.74) is 0.722. The molecule has 0 saturated heterocycles. The highest BCUT2D eigenvalue weighted by Crippen LogP contribution is 2.26. The fourth-order valence-electron chi connectivity index (χ4n) is 1.88. The van der Waals surface area contributed by atoms with Crippen molar-refractivity contribution in [3.8, 4) is 6.07 Å². The second-order valence-electron chi connectivity index (χ2n) is 4.61. The van der Waals surface area contributed by atoms with Gasteiger partial charge >= 0.3 is 0 Å². The van der Waals surface area contributed by atoms with E-state index in [1.54, 1.807) is 6.26 Å². The Kier molecular flexibility index (Phi) is 6.07. The summed E-state index contributed by atoms with van der Waals surface area (Å²) in [6, 6.07) is 13.2. The Balaban J connectivity index is 1.88. The van der Waals surface area contributed by atoms with Gasteiger partial charge in [0.15, 0.2) is 0 Å². The number of benzene rings is 1. The lowest BCUT2D eigenvalue weighted by molar-refractivity contribution is -0.115. The number of carbonyl (C=O) groups is 1. The molecule has 0 radical (unpaired) electrons. The topological polar surface area (TPSA) is 78.1 Å². The SMILES string of the molecule is C[C@@H](NCC(=O)Nc1ccccc1SCC#N)c1ccco1. The Morgan fingerprint density at radius 2 is 2.18 bits per heavy atom. The first-order valence-electron chi connectivity index (χ1n) is 6.86. The van der Waals surface area contributed by atoms with Gasteiger partial charge in [0, 0.05) is 4.90 Å². The van der Waals surface area contributed by atoms with Crippen molar-refractivity contribution in [1.29, 1.82) is 5.26 Å². The van der Waals surface area contributed by atoms with Crippen LogP contribution >= 0.6 is 11.8 Å². The monoisotopic (exact) mass is 315 g/mol. The van der Waals surface area contributed by atoms with Crippen LogP contribution in [0, 0.1) is 11.3 Å². The lowest BCUT2D eigenvalue weighted by Gasteiger charge is -2.13. The van der Waals surface area contributed by atoms with Gasteiger partial charge in [0.05, 0.1) is 36.4 Å². The fourth-order valence-corrected chi connectivity index (χ4v) is 2.55. The summed E-state index contributed by atoms with van der Waals surface area (Å²) in [7, 11) is 0. The van der Waals surface area contributed by atoms with E-state index in [4.69, 9.17) is 9.68 Å². The summed E-state index contributed by atoms with van der Waals surface area (Å²) in [6.45, 7) is 2.11. The Morgan fingerprint density at radius 3 is 2.91 bits per heavy atom. The lowest BCUT2D eigenvalue weighted by Crippen LogP contribution is -2.30. The molecule has 2 N–H and O–H groups in total. The van der Waals surface area contributed by atoms with Gasteiger partial charge in [0.2, 0.25) is 5.91 Å². The van der Waals surface area contributed by atoms with Crippen LogP contribution in [0.25, 0.3) is 0 Å². The minimum Gasteiger partial charge on any atom is -0.468 e. The van der Waals surface area contributed by atoms with Crippen LogP contribution in [0.15, 0.2) is 52.0 Å². The van der Waals surface area contributed by atoms with Gasteiger partial charge in [0.25, 0.3) is 0 Å². The minimum atomic E-state index is -0.136. The van der Waals surface area contributed by atoms with Gasteiger partial charge in [-0.3, -0.25) is 10.1 Å². The van der Waals surface area contributed by atoms with Crippen LogP contribution in [-0.4, -0.2) is 18.2 Å². The fraction of sp³-hybridized carbons (Fsp3) is 0.250. The van der Waals surface area contributed by atoms with Gasteiger partial charge in [-0.1, -0.05) is 12.1 Å². The number of thioether (sulfide) groups is 1. The maximum atomic E-state index is 12.0. The first-order chi connectivity index (χ1) is 10.7. The first-order valence-corrected chi connectivity index (χ1v) is 7.84. The molecular formula is C16H17N3O2S. The van der Waals surface area contributed by atoms with E-state index < -0.39 is 0 Å². The molecule has 1 amide bonds. The standard InChI is InChI=1S/C16H17N3O2S/c1-12(14-6-4-9-21-14)18-11-16(20)19-13-5-2-3-7-15(13)22-10-8-17/h2-7,9,12,18H,10-11H2,1H3,(H,19,20)/t12-/m1/s1. The molecule has 22 heavy (non-hydrogen) atoms. The summed E-state index contributed by atoms with van der Waals surface area (Å²) in [6.07, 6.45) is 1.61. The third-order valence-electron chi connectivity index (χ3n) is 2.99. The highest BCUT2D eigenvalue weighted by Gasteiger charge is 2.11. The predicted octanol–water partition coefficient (Wildman–Crippen LogP) is 3.18. The Morgan fingerprint density at radius 1 is 1.36 bits per heavy atom. The average Bonchev–Trinajstić information content (AvgIpc) is 3.06. The zero-order chi connectivity index (χ0) is 15.8. The number of amides is 1. The smallest absolute Gasteiger partial charge is 0.238 e. The molecule has 114 valence electrons. The summed E-state index contributed by atoms with van der Waals surface area (Å²) in [4.78, 5) is 12.9. The van der Waals surface area contributed by atoms with Crippen molar-refractivity contribution >= 4 is 23.4 Å². The summed E-state index contributed by atoms with van der Waals surface area (Å²) in [5, 5.41) is 14.6. The van der Waals surface area contributed by atoms with Crippen LogP contribution < -0.4 is 10.6 Å². The van der Waals surface area contributed by atoms with E-state index in [1.807, 2.05) is 43.3 Å². The van der Waals surface area contributed by atoms with Gasteiger partial charge < -0.3 is 9.73 Å². The van der Waals surface area contributed by atoms with Crippen LogP contribution in [0.5, 0.6) is 0 Å². The number of nitrogens with zero attached hydrogens (tertiary/aromatic N) is 1. The molecule has 1 atom stereocenters. The zero-order valence-electron chi connectivity index (χ0n) is 12.2. The predicted molar refractivity (Wildman–Crippen MR) is 86.5 cm³/mol. The third kappa shape index (κ3) is 4.65. The molecule has 0 spiro atoms. The molecule has 0 aliphatic carbocycles. The summed E-state index contributed by atoms with van der Waals surface area (Å²) in [5.74, 6) is 1.00. The average molecular weight is 315 g/mol. The number of furan rings is 1. The van der Waals surface area contributed by atoms with Crippen molar-refractivity contribution in [2.45, 2.75) is 17.9 Å². The van der Waals surface area contributed by atoms with Crippen molar-refractivity contribution in [3.63, 3.8) is 0 Å². The van der Waals surface area contributed by atoms with E-state index in [0.29, 0.717) is 5.75 Å². The minimum absolute atomic E-state index is 0.0380. The van der Waals surface area contributed by atoms with Crippen LogP contribution in [0.3, 0.4) is 0 Å². The van der Waals surface area contributed by atoms with Crippen molar-refractivity contribution in [3.05, 3.63) is 48.4 Å². The molecule has 5 nitrogen and oxygen atoms in total. The number of hydrogen-bond donors (Lipinski definition) is 2. The highest BCUT2D eigenvalue weighted by atomic mass is 32.2. The molecule has 6 heteroatoms. The molecule has 0 aliphatic heterocycles. The maximum Gasteiger partial charge on any atom is 0.238 e. The number of para-hydroxylation sites is 1. The molecule has 0 unspecified atom stereocenters. The molecule has 1 heterocycles. The maximum absolute atomic E-state index is 12.0. The van der Waals surface area contributed by atoms with Gasteiger partial charge in [-0.15, -0.1) is 11.8 Å². The van der Waals surface area contributed by atoms with Crippen molar-refractivity contribution in [2.24, 2.45) is 0 Å². The largest absolute Gasteiger partial charge is 0.468 e. The number of nitriles is 1. The van der Waals surface area contributed by atoms with Crippen molar-refractivity contribution in [1.82, 2.24) is 5.32 Å². The highest BCUT2D eigenvalue weighted by molar-refractivity contribution is 7.99. The normalized spacial score (nSPS) is 11.6. The van der Waals surface area contributed by atoms with E-state index in [0.717, 1.165) is 16.3 Å². The van der Waals surface area contributed by atoms with Crippen LogP contribution in [0.1, 0.15) is 18.7 Å². The van der Waals surface area contributed by atoms with Crippen LogP contribution in [-0.2, 0) is 4.79 Å². The second kappa shape index (κ2) is 8.27. The van der Waals surface area contributed by atoms with E-state index >= 15 is 0 Å². The summed E-state index contributed by atoms with van der Waals surface area (Å²) >= 11 is 1.40. The van der Waals surface area contributed by atoms with Gasteiger partial charge in [-0.2, -0.15) is 5.26 Å². The second-order valence-corrected chi connectivity index (χ2v) is 5.63. The third-order valence-corrected chi connectivity index (χ3v) is 3.93. The zero-order valence-corrected chi connectivity index (χ0v) is 13.0. The lowest BCUT2D eigenvalue weighted by atomic mass is 10.2. The van der Waals surface area contributed by atoms with Gasteiger partial charge in [-0.25, -0.2) is 0 Å². The first kappa shape index (κ1) is 16.1. The number of hydrogen-bond acceptors (Lipinski definition) is 5. The molecule has 0 saturated carbocycles. The van der Waals surface area contributed by atoms with Crippen LogP contribution in [0.2, 0.25) is 0 Å². The number of anilines is 1. The van der Waals surface area contributed by atoms with Gasteiger partial charge in [0.1, 0.15) is 5.76 Å². The van der Waals surface area contributed by atoms with E-state index in [1.165, 1.54) is 11.8 Å². The Bertz CT molecular complexity index is 650. The Hall–Kier alpha value is -2.23. The molecule has 0 bridgehead atoms. The van der Waals surface area contributed by atoms with Crippen molar-refractivity contribution < 1.29 is 9.21 Å². The number of nitrogens with one attached hydrogen (secondary N) is 2. The molecule has 2 aromatic rings. The van der Waals surface area contributed by atoms with E-state index in [2.05, 4.69) is 16.7 Å². The molecule has 0 aliphatic rings. The molecule has 1 aromatic heterocycles. The molecule has 1 aromatic carbocycles. The molecular weight excluding hydrogens is 298 g/mol. The van der Waals surface area contributed by atoms with E-state index in [9.17, 15) is 4.79 Å². The summed E-state index contributed by atoms with van der Waals surface area (Å²) < 4.78 is 5.28. The molecule has 0 fully saturated rings. The van der Waals surface area contributed by atoms with Gasteiger partial charge in [-0.05, 0) is 31.2 Å². The van der Waals surface area contributed by atoms with E-state index in [-0.39, 0.29) is 18.5 Å². The van der Waals surface area contributed by atoms with Crippen LogP contribution in [0.4, 0.5) is 5.69 Å². The number of carbonyl (C=O) groups excluding carboxylic acids is 1. The number of rotatable bonds is 7. The quantitative estimate of drug-likeness (QED) is 0.767. The Labute approximate surface area is 133 Å². The van der Waals surface area contributed by atoms with Crippen molar-refractivity contribution in [2.75, 3.05) is 17.6 Å².